The van der Waals surface area contributed by atoms with Crippen molar-refractivity contribution < 1.29 is 4.39 Å². The molecule has 0 aliphatic carbocycles. The summed E-state index contributed by atoms with van der Waals surface area (Å²) in [4.78, 5) is 1.28. The van der Waals surface area contributed by atoms with Gasteiger partial charge in [-0.15, -0.1) is 11.3 Å². The summed E-state index contributed by atoms with van der Waals surface area (Å²) in [6.45, 7) is 1.77. The van der Waals surface area contributed by atoms with E-state index in [-0.39, 0.29) is 10.6 Å². The summed E-state index contributed by atoms with van der Waals surface area (Å²) < 4.78 is 13.4. The van der Waals surface area contributed by atoms with Crippen molar-refractivity contribution in [2.45, 2.75) is 11.8 Å². The standard InChI is InChI=1S/C12H10BrFS/c1-8-4-5-9(7-10(8)14)12(13)11-3-2-6-15-11/h2-7,12H,1H3. The van der Waals surface area contributed by atoms with Crippen LogP contribution in [0.4, 0.5) is 4.39 Å². The fourth-order valence-corrected chi connectivity index (χ4v) is 2.85. The molecule has 0 amide bonds. The lowest BCUT2D eigenvalue weighted by Gasteiger charge is -2.08. The van der Waals surface area contributed by atoms with Gasteiger partial charge in [0.2, 0.25) is 0 Å². The average Bonchev–Trinajstić information content (AvgIpc) is 2.74. The second kappa shape index (κ2) is 4.45. The zero-order valence-electron chi connectivity index (χ0n) is 8.21. The summed E-state index contributed by atoms with van der Waals surface area (Å²) in [6, 6.07) is 9.40. The van der Waals surface area contributed by atoms with Crippen molar-refractivity contribution in [2.24, 2.45) is 0 Å². The van der Waals surface area contributed by atoms with Crippen molar-refractivity contribution in [1.82, 2.24) is 0 Å². The Balaban J connectivity index is 2.34. The molecule has 0 N–H and O–H groups in total. The van der Waals surface area contributed by atoms with Crippen LogP contribution < -0.4 is 0 Å². The summed E-state index contributed by atoms with van der Waals surface area (Å²) in [5, 5.41) is 2.02. The van der Waals surface area contributed by atoms with E-state index in [4.69, 9.17) is 0 Å². The van der Waals surface area contributed by atoms with Gasteiger partial charge in [-0.2, -0.15) is 0 Å². The summed E-state index contributed by atoms with van der Waals surface area (Å²) in [5.74, 6) is -0.145. The van der Waals surface area contributed by atoms with Gasteiger partial charge in [0, 0.05) is 4.88 Å². The maximum Gasteiger partial charge on any atom is 0.126 e. The number of thiophene rings is 1. The average molecular weight is 285 g/mol. The molecule has 0 radical (unpaired) electrons. The molecule has 0 saturated heterocycles. The molecule has 78 valence electrons. The number of halogens is 2. The zero-order chi connectivity index (χ0) is 10.8. The number of hydrogen-bond donors (Lipinski definition) is 0. The van der Waals surface area contributed by atoms with E-state index in [1.54, 1.807) is 24.3 Å². The predicted molar refractivity (Wildman–Crippen MR) is 66.2 cm³/mol. The summed E-state index contributed by atoms with van der Waals surface area (Å²) in [7, 11) is 0. The van der Waals surface area contributed by atoms with Crippen LogP contribution in [0.3, 0.4) is 0 Å². The van der Waals surface area contributed by atoms with Crippen LogP contribution in [0.25, 0.3) is 0 Å². The van der Waals surface area contributed by atoms with Crippen molar-refractivity contribution in [3.05, 3.63) is 57.5 Å². The van der Waals surface area contributed by atoms with E-state index in [0.29, 0.717) is 5.56 Å². The fourth-order valence-electron chi connectivity index (χ4n) is 1.37. The molecule has 0 spiro atoms. The topological polar surface area (TPSA) is 0 Å². The lowest BCUT2D eigenvalue weighted by Crippen LogP contribution is -1.92. The molecule has 1 aromatic heterocycles. The Morgan fingerprint density at radius 1 is 1.33 bits per heavy atom. The molecule has 1 unspecified atom stereocenters. The van der Waals surface area contributed by atoms with Gasteiger partial charge >= 0.3 is 0 Å². The first-order valence-corrected chi connectivity index (χ1v) is 6.41. The van der Waals surface area contributed by atoms with E-state index in [2.05, 4.69) is 15.9 Å². The molecule has 15 heavy (non-hydrogen) atoms. The first kappa shape index (κ1) is 10.8. The van der Waals surface area contributed by atoms with Gasteiger partial charge in [0.1, 0.15) is 5.82 Å². The molecule has 1 heterocycles. The molecule has 0 aliphatic rings. The lowest BCUT2D eigenvalue weighted by molar-refractivity contribution is 0.616. The summed E-state index contributed by atoms with van der Waals surface area (Å²) >= 11 is 5.24. The molecular formula is C12H10BrFS. The molecule has 3 heteroatoms. The number of aryl methyl sites for hydroxylation is 1. The van der Waals surface area contributed by atoms with Gasteiger partial charge in [-0.25, -0.2) is 4.39 Å². The minimum absolute atomic E-state index is 0.0904. The molecule has 0 bridgehead atoms. The zero-order valence-corrected chi connectivity index (χ0v) is 10.6. The van der Waals surface area contributed by atoms with Crippen molar-refractivity contribution in [2.75, 3.05) is 0 Å². The van der Waals surface area contributed by atoms with E-state index < -0.39 is 0 Å². The van der Waals surface area contributed by atoms with Crippen LogP contribution in [0, 0.1) is 12.7 Å². The number of rotatable bonds is 2. The summed E-state index contributed by atoms with van der Waals surface area (Å²) in [5.41, 5.74) is 1.64. The van der Waals surface area contributed by atoms with Gasteiger partial charge in [0.15, 0.2) is 0 Å². The highest BCUT2D eigenvalue weighted by molar-refractivity contribution is 9.09. The molecule has 1 atom stereocenters. The van der Waals surface area contributed by atoms with E-state index in [1.165, 1.54) is 4.88 Å². The lowest BCUT2D eigenvalue weighted by atomic mass is 10.1. The Labute approximate surface area is 101 Å². The van der Waals surface area contributed by atoms with Crippen LogP contribution in [0.5, 0.6) is 0 Å². The normalized spacial score (nSPS) is 12.7. The van der Waals surface area contributed by atoms with Gasteiger partial charge in [0.05, 0.1) is 4.83 Å². The molecule has 0 nitrogen and oxygen atoms in total. The van der Waals surface area contributed by atoms with Gasteiger partial charge in [0.25, 0.3) is 0 Å². The largest absolute Gasteiger partial charge is 0.207 e. The van der Waals surface area contributed by atoms with E-state index in [0.717, 1.165) is 5.56 Å². The third-order valence-corrected chi connectivity index (χ3v) is 4.54. The highest BCUT2D eigenvalue weighted by atomic mass is 79.9. The third kappa shape index (κ3) is 2.29. The Bertz CT molecular complexity index is 451. The van der Waals surface area contributed by atoms with Gasteiger partial charge < -0.3 is 0 Å². The molecule has 2 aromatic rings. The first-order chi connectivity index (χ1) is 7.18. The van der Waals surface area contributed by atoms with E-state index >= 15 is 0 Å². The van der Waals surface area contributed by atoms with Crippen LogP contribution in [0.2, 0.25) is 0 Å². The van der Waals surface area contributed by atoms with Gasteiger partial charge in [-0.3, -0.25) is 0 Å². The maximum absolute atomic E-state index is 13.4. The highest BCUT2D eigenvalue weighted by Gasteiger charge is 2.12. The molecule has 0 fully saturated rings. The third-order valence-electron chi connectivity index (χ3n) is 2.28. The van der Waals surface area contributed by atoms with Gasteiger partial charge in [-0.05, 0) is 35.6 Å². The monoisotopic (exact) mass is 284 g/mol. The number of hydrogen-bond acceptors (Lipinski definition) is 1. The van der Waals surface area contributed by atoms with Crippen LogP contribution in [-0.4, -0.2) is 0 Å². The van der Waals surface area contributed by atoms with Crippen molar-refractivity contribution in [3.8, 4) is 0 Å². The first-order valence-electron chi connectivity index (χ1n) is 4.62. The number of alkyl halides is 1. The molecular weight excluding hydrogens is 275 g/mol. The maximum atomic E-state index is 13.4. The molecule has 1 aromatic carbocycles. The van der Waals surface area contributed by atoms with Crippen LogP contribution in [0.1, 0.15) is 20.8 Å². The summed E-state index contributed by atoms with van der Waals surface area (Å²) in [6.07, 6.45) is 0. The Kier molecular flexibility index (Phi) is 3.22. The quantitative estimate of drug-likeness (QED) is 0.703. The van der Waals surface area contributed by atoms with Crippen LogP contribution >= 0.6 is 27.3 Å². The van der Waals surface area contributed by atoms with Crippen molar-refractivity contribution in [1.29, 1.82) is 0 Å². The highest BCUT2D eigenvalue weighted by Crippen LogP contribution is 2.34. The molecule has 0 aliphatic heterocycles. The Hall–Kier alpha value is -0.670. The molecule has 0 saturated carbocycles. The smallest absolute Gasteiger partial charge is 0.126 e. The number of benzene rings is 1. The second-order valence-corrected chi connectivity index (χ2v) is 5.28. The van der Waals surface area contributed by atoms with Crippen LogP contribution in [-0.2, 0) is 0 Å². The fraction of sp³-hybridized carbons (Fsp3) is 0.167. The van der Waals surface area contributed by atoms with E-state index in [9.17, 15) is 4.39 Å². The van der Waals surface area contributed by atoms with Crippen LogP contribution in [0.15, 0.2) is 35.7 Å². The van der Waals surface area contributed by atoms with E-state index in [1.807, 2.05) is 29.6 Å². The minimum Gasteiger partial charge on any atom is -0.207 e. The van der Waals surface area contributed by atoms with Crippen molar-refractivity contribution in [3.63, 3.8) is 0 Å². The van der Waals surface area contributed by atoms with Crippen molar-refractivity contribution >= 4 is 27.3 Å². The minimum atomic E-state index is -0.145. The Morgan fingerprint density at radius 2 is 2.13 bits per heavy atom. The predicted octanol–water partition coefficient (Wildman–Crippen LogP) is 4.68. The van der Waals surface area contributed by atoms with Gasteiger partial charge in [-0.1, -0.05) is 34.1 Å². The SMILES string of the molecule is Cc1ccc(C(Br)c2cccs2)cc1F. The Morgan fingerprint density at radius 3 is 2.73 bits per heavy atom. The second-order valence-electron chi connectivity index (χ2n) is 3.39. The molecule has 2 rings (SSSR count).